The van der Waals surface area contributed by atoms with Gasteiger partial charge < -0.3 is 0 Å². The summed E-state index contributed by atoms with van der Waals surface area (Å²) >= 11 is 0. The molecule has 0 radical (unpaired) electrons. The molecule has 0 saturated carbocycles. The van der Waals surface area contributed by atoms with E-state index in [9.17, 15) is 0 Å². The van der Waals surface area contributed by atoms with Crippen molar-refractivity contribution in [2.24, 2.45) is 0 Å². The molecule has 0 unspecified atom stereocenters. The monoisotopic (exact) mass is 761 g/mol. The third kappa shape index (κ3) is 5.48. The first kappa shape index (κ1) is 34.1. The van der Waals surface area contributed by atoms with Gasteiger partial charge in [-0.15, -0.1) is 0 Å². The van der Waals surface area contributed by atoms with Gasteiger partial charge in [0, 0.05) is 61.4 Å². The number of hydrogen-bond donors (Lipinski definition) is 0. The molecule has 0 spiro atoms. The van der Waals surface area contributed by atoms with Crippen molar-refractivity contribution in [2.75, 3.05) is 0 Å². The summed E-state index contributed by atoms with van der Waals surface area (Å²) < 4.78 is 0. The highest BCUT2D eigenvalue weighted by Gasteiger charge is 2.20. The van der Waals surface area contributed by atoms with Crippen molar-refractivity contribution in [3.63, 3.8) is 0 Å². The summed E-state index contributed by atoms with van der Waals surface area (Å²) in [4.78, 5) is 15.3. The molecule has 0 aliphatic heterocycles. The van der Waals surface area contributed by atoms with Crippen molar-refractivity contribution in [1.82, 2.24) is 15.0 Å². The molecule has 0 aliphatic carbocycles. The summed E-state index contributed by atoms with van der Waals surface area (Å²) in [5, 5.41) is 11.8. The number of para-hydroxylation sites is 2. The van der Waals surface area contributed by atoms with Crippen molar-refractivity contribution in [3.8, 4) is 55.9 Å². The SMILES string of the molecule is c1ccc(-c2nc3ccccc3c3c2cc(-c2cc(-c4cccnc4)cc(-c4cc5c(-c6ccccc6)nc6ccccc6c5c5ccccc45)c2)c2ccccc23)cc1. The highest BCUT2D eigenvalue weighted by atomic mass is 14.7. The van der Waals surface area contributed by atoms with E-state index in [1.54, 1.807) is 0 Å². The fraction of sp³-hybridized carbons (Fsp3) is 0. The van der Waals surface area contributed by atoms with Crippen LogP contribution in [0.1, 0.15) is 0 Å². The highest BCUT2D eigenvalue weighted by molar-refractivity contribution is 6.27. The van der Waals surface area contributed by atoms with Crippen LogP contribution in [0.25, 0.3) is 121 Å². The van der Waals surface area contributed by atoms with E-state index in [1.807, 2.05) is 18.5 Å². The molecule has 0 atom stereocenters. The largest absolute Gasteiger partial charge is 0.264 e. The first-order valence-corrected chi connectivity index (χ1v) is 20.4. The number of rotatable bonds is 5. The Morgan fingerprint density at radius 2 is 0.667 bits per heavy atom. The Morgan fingerprint density at radius 1 is 0.267 bits per heavy atom. The zero-order valence-corrected chi connectivity index (χ0v) is 32.5. The molecule has 0 aliphatic rings. The van der Waals surface area contributed by atoms with Gasteiger partial charge in [-0.1, -0.05) is 152 Å². The molecule has 0 fully saturated rings. The van der Waals surface area contributed by atoms with Crippen LogP contribution in [-0.4, -0.2) is 15.0 Å². The molecule has 278 valence electrons. The lowest BCUT2D eigenvalue weighted by atomic mass is 9.86. The predicted octanol–water partition coefficient (Wildman–Crippen LogP) is 15.1. The van der Waals surface area contributed by atoms with E-state index >= 15 is 0 Å². The van der Waals surface area contributed by atoms with Gasteiger partial charge in [0.1, 0.15) is 0 Å². The Labute approximate surface area is 346 Å². The molecule has 12 aromatic rings. The molecule has 0 saturated heterocycles. The lowest BCUT2D eigenvalue weighted by molar-refractivity contribution is 1.33. The van der Waals surface area contributed by atoms with E-state index in [1.165, 1.54) is 32.3 Å². The number of hydrogen-bond acceptors (Lipinski definition) is 3. The minimum absolute atomic E-state index is 0.980. The van der Waals surface area contributed by atoms with E-state index in [0.717, 1.165) is 88.5 Å². The summed E-state index contributed by atoms with van der Waals surface area (Å²) in [5.41, 5.74) is 12.9. The lowest BCUT2D eigenvalue weighted by Gasteiger charge is -2.19. The normalized spacial score (nSPS) is 11.7. The fourth-order valence-electron chi connectivity index (χ4n) is 9.38. The molecule has 3 heteroatoms. The number of fused-ring (bicyclic) bond motifs is 10. The second-order valence-electron chi connectivity index (χ2n) is 15.5. The maximum atomic E-state index is 5.35. The third-order valence-electron chi connectivity index (χ3n) is 12.1. The molecule has 0 bridgehead atoms. The molecule has 0 N–H and O–H groups in total. The van der Waals surface area contributed by atoms with Gasteiger partial charge in [-0.2, -0.15) is 0 Å². The van der Waals surface area contributed by atoms with Gasteiger partial charge in [-0.05, 0) is 97.9 Å². The molecule has 60 heavy (non-hydrogen) atoms. The predicted molar refractivity (Wildman–Crippen MR) is 252 cm³/mol. The molecular formula is C57H35N3. The van der Waals surface area contributed by atoms with E-state index in [0.29, 0.717) is 0 Å². The average Bonchev–Trinajstić information content (AvgIpc) is 3.33. The lowest BCUT2D eigenvalue weighted by Crippen LogP contribution is -1.94. The second-order valence-corrected chi connectivity index (χ2v) is 15.5. The zero-order valence-electron chi connectivity index (χ0n) is 32.5. The Bertz CT molecular complexity index is 3420. The van der Waals surface area contributed by atoms with Gasteiger partial charge in [-0.3, -0.25) is 4.98 Å². The minimum atomic E-state index is 0.980. The van der Waals surface area contributed by atoms with Crippen LogP contribution in [0, 0.1) is 0 Å². The third-order valence-corrected chi connectivity index (χ3v) is 12.1. The van der Waals surface area contributed by atoms with Gasteiger partial charge in [0.15, 0.2) is 0 Å². The summed E-state index contributed by atoms with van der Waals surface area (Å²) in [5.74, 6) is 0. The van der Waals surface area contributed by atoms with Gasteiger partial charge in [0.25, 0.3) is 0 Å². The Morgan fingerprint density at radius 3 is 1.13 bits per heavy atom. The summed E-state index contributed by atoms with van der Waals surface area (Å²) in [6, 6.07) is 71.9. The molecule has 0 amide bonds. The Balaban J connectivity index is 1.20. The maximum absolute atomic E-state index is 5.35. The van der Waals surface area contributed by atoms with E-state index in [2.05, 4.69) is 199 Å². The maximum Gasteiger partial charge on any atom is 0.0788 e. The van der Waals surface area contributed by atoms with Crippen LogP contribution in [-0.2, 0) is 0 Å². The summed E-state index contributed by atoms with van der Waals surface area (Å²) in [6.07, 6.45) is 3.81. The topological polar surface area (TPSA) is 38.7 Å². The first-order valence-electron chi connectivity index (χ1n) is 20.4. The number of nitrogens with zero attached hydrogens (tertiary/aromatic N) is 3. The Kier molecular flexibility index (Phi) is 7.85. The summed E-state index contributed by atoms with van der Waals surface area (Å²) in [7, 11) is 0. The zero-order chi connectivity index (χ0) is 39.6. The fourth-order valence-corrected chi connectivity index (χ4v) is 9.38. The van der Waals surface area contributed by atoms with E-state index in [-0.39, 0.29) is 0 Å². The van der Waals surface area contributed by atoms with Crippen LogP contribution in [0.15, 0.2) is 213 Å². The standard InChI is InChI=1S/C57H35N3/c1-3-16-36(17-4-1)56-50-33-48(42-21-7-9-23-44(42)54(50)46-25-11-13-27-52(46)59-56)40-30-39(38-20-15-29-58-35-38)31-41(32-40)49-34-51-55(45-24-10-8-22-43(45)49)47-26-12-14-28-53(47)60-57(51)37-18-5-2-6-19-37/h1-35H. The average molecular weight is 762 g/mol. The Hall–Kier alpha value is -8.01. The molecule has 3 heterocycles. The number of pyridine rings is 3. The van der Waals surface area contributed by atoms with Crippen LogP contribution in [0.3, 0.4) is 0 Å². The van der Waals surface area contributed by atoms with Crippen LogP contribution in [0.2, 0.25) is 0 Å². The van der Waals surface area contributed by atoms with Crippen molar-refractivity contribution in [2.45, 2.75) is 0 Å². The molecule has 9 aromatic carbocycles. The molecule has 3 nitrogen and oxygen atoms in total. The molecule has 12 rings (SSSR count). The van der Waals surface area contributed by atoms with Gasteiger partial charge in [-0.25, -0.2) is 9.97 Å². The molecular weight excluding hydrogens is 727 g/mol. The molecule has 3 aromatic heterocycles. The van der Waals surface area contributed by atoms with Crippen molar-refractivity contribution >= 4 is 64.9 Å². The highest BCUT2D eigenvalue weighted by Crippen LogP contribution is 2.46. The van der Waals surface area contributed by atoms with Crippen molar-refractivity contribution < 1.29 is 0 Å². The van der Waals surface area contributed by atoms with Crippen LogP contribution in [0.5, 0.6) is 0 Å². The smallest absolute Gasteiger partial charge is 0.0788 e. The van der Waals surface area contributed by atoms with Crippen molar-refractivity contribution in [3.05, 3.63) is 213 Å². The van der Waals surface area contributed by atoms with Gasteiger partial charge in [0.05, 0.1) is 22.4 Å². The number of aromatic nitrogens is 3. The van der Waals surface area contributed by atoms with Crippen LogP contribution < -0.4 is 0 Å². The number of benzene rings is 9. The van der Waals surface area contributed by atoms with Crippen LogP contribution >= 0.6 is 0 Å². The quantitative estimate of drug-likeness (QED) is 0.164. The van der Waals surface area contributed by atoms with E-state index < -0.39 is 0 Å². The second kappa shape index (κ2) is 13.8. The minimum Gasteiger partial charge on any atom is -0.264 e. The first-order chi connectivity index (χ1) is 29.8. The van der Waals surface area contributed by atoms with Gasteiger partial charge >= 0.3 is 0 Å². The van der Waals surface area contributed by atoms with Gasteiger partial charge in [0.2, 0.25) is 0 Å². The van der Waals surface area contributed by atoms with E-state index in [4.69, 9.17) is 9.97 Å². The summed E-state index contributed by atoms with van der Waals surface area (Å²) in [6.45, 7) is 0. The van der Waals surface area contributed by atoms with Crippen molar-refractivity contribution in [1.29, 1.82) is 0 Å². The van der Waals surface area contributed by atoms with Crippen LogP contribution in [0.4, 0.5) is 0 Å².